The molecule has 0 N–H and O–H groups in total. The Morgan fingerprint density at radius 2 is 0.783 bits per heavy atom. The zero-order valence-electron chi connectivity index (χ0n) is 70.2. The van der Waals surface area contributed by atoms with Gasteiger partial charge in [-0.2, -0.15) is 42.1 Å². The van der Waals surface area contributed by atoms with Gasteiger partial charge in [-0.3, -0.25) is 0 Å². The number of rotatable bonds is 15. The number of alkyl halides is 15. The summed E-state index contributed by atoms with van der Waals surface area (Å²) in [6, 6.07) is 51.5. The van der Waals surface area contributed by atoms with Crippen molar-refractivity contribution in [3.63, 3.8) is 0 Å². The fourth-order valence-corrected chi connectivity index (χ4v) is 10.2. The molecule has 644 valence electrons. The van der Waals surface area contributed by atoms with Crippen LogP contribution >= 0.6 is 0 Å². The maximum atomic E-state index is 13.1. The molecule has 10 rings (SSSR count). The summed E-state index contributed by atoms with van der Waals surface area (Å²) in [5.74, 6) is 3.34. The lowest BCUT2D eigenvalue weighted by atomic mass is 9.89. The van der Waals surface area contributed by atoms with Crippen LogP contribution in [-0.4, -0.2) is 56.1 Å². The van der Waals surface area contributed by atoms with Crippen molar-refractivity contribution in [2.24, 2.45) is 0 Å². The second-order valence-electron chi connectivity index (χ2n) is 29.5. The first-order valence-electron chi connectivity index (χ1n) is 37.9. The quantitative estimate of drug-likeness (QED) is 0.0884. The first-order valence-corrected chi connectivity index (χ1v) is 37.9. The van der Waals surface area contributed by atoms with Crippen LogP contribution in [0, 0.1) is 46.7 Å². The van der Waals surface area contributed by atoms with Gasteiger partial charge in [0.25, 0.3) is 0 Å². The highest BCUT2D eigenvalue weighted by Crippen LogP contribution is 2.37. The van der Waals surface area contributed by atoms with Crippen molar-refractivity contribution >= 4 is 0 Å². The van der Waals surface area contributed by atoms with Crippen LogP contribution in [-0.2, 0) is 12.4 Å². The van der Waals surface area contributed by atoms with E-state index in [2.05, 4.69) is 71.8 Å². The first-order chi connectivity index (χ1) is 55.7. The van der Waals surface area contributed by atoms with Gasteiger partial charge in [-0.05, 0) is 172 Å². The van der Waals surface area contributed by atoms with Crippen LogP contribution in [0.1, 0.15) is 262 Å². The molecule has 0 bridgehead atoms. The van der Waals surface area contributed by atoms with E-state index in [1.54, 1.807) is 67.9 Å². The van der Waals surface area contributed by atoms with E-state index in [0.717, 1.165) is 68.0 Å². The third-order valence-electron chi connectivity index (χ3n) is 16.9. The van der Waals surface area contributed by atoms with Gasteiger partial charge in [0.05, 0.1) is 23.8 Å². The van der Waals surface area contributed by atoms with Crippen molar-refractivity contribution in [2.45, 2.75) is 216 Å². The molecular formula is C91H99F16N9O4. The first kappa shape index (κ1) is 103. The minimum absolute atomic E-state index is 0.0725. The molecule has 29 heteroatoms. The van der Waals surface area contributed by atoms with Crippen molar-refractivity contribution in [3.05, 3.63) is 272 Å². The zero-order chi connectivity index (χ0) is 91.0. The fourth-order valence-electron chi connectivity index (χ4n) is 10.2. The van der Waals surface area contributed by atoms with Crippen molar-refractivity contribution in [3.8, 4) is 64.0 Å². The molecule has 7 aromatic carbocycles. The number of hydrogen-bond acceptors (Lipinski definition) is 13. The molecule has 13 nitrogen and oxygen atoms in total. The lowest BCUT2D eigenvalue weighted by molar-refractivity contribution is -0.275. The molecule has 0 aliphatic carbocycles. The molecule has 0 amide bonds. The van der Waals surface area contributed by atoms with E-state index in [-0.39, 0.29) is 69.9 Å². The highest BCUT2D eigenvalue weighted by molar-refractivity contribution is 5.61. The monoisotopic (exact) mass is 1690 g/mol. The third kappa shape index (κ3) is 36.7. The van der Waals surface area contributed by atoms with Crippen molar-refractivity contribution < 1.29 is 89.2 Å². The second-order valence-corrected chi connectivity index (χ2v) is 29.5. The smallest absolute Gasteiger partial charge is 0.494 e. The summed E-state index contributed by atoms with van der Waals surface area (Å²) in [4.78, 5) is 25.0. The normalized spacial score (nSPS) is 11.3. The Labute approximate surface area is 691 Å². The maximum Gasteiger partial charge on any atom is 0.573 e. The van der Waals surface area contributed by atoms with Crippen LogP contribution in [0.25, 0.3) is 22.8 Å². The van der Waals surface area contributed by atoms with Gasteiger partial charge in [0.2, 0.25) is 5.82 Å². The molecule has 3 heterocycles. The SMILES string of the molecule is CC(C)c1ccc(C#N)c(OC(F)(F)F)c1.CC(C)c1ccc(C(F)(F)F)cc1C(C)C.CC(C)c1ccc(OC(F)(F)F)c(C#N)c1.CC(C)c1cccc(OC(F)(F)F)c1.CC(C)c1cnc(C#N)nc1.CC(C)c1nc(-c2ccccc2)nc(-c2ccccc2)n1.COc1ccc(C(C)C)cc1F.Cc1cc(C(C)C)cc(C(F)(F)F)n1. The molecule has 0 atom stereocenters. The minimum atomic E-state index is -4.78. The van der Waals surface area contributed by atoms with Gasteiger partial charge in [0, 0.05) is 35.1 Å². The molecular weight excluding hydrogens is 1590 g/mol. The lowest BCUT2D eigenvalue weighted by Crippen LogP contribution is -2.18. The Kier molecular flexibility index (Phi) is 40.3. The van der Waals surface area contributed by atoms with Crippen LogP contribution in [0.15, 0.2) is 182 Å². The summed E-state index contributed by atoms with van der Waals surface area (Å²) in [7, 11) is 1.47. The van der Waals surface area contributed by atoms with Crippen LogP contribution in [0.4, 0.5) is 70.2 Å². The number of nitrogens with zero attached hydrogens (tertiary/aromatic N) is 9. The molecule has 0 radical (unpaired) electrons. The van der Waals surface area contributed by atoms with Gasteiger partial charge in [0.1, 0.15) is 47.0 Å². The number of pyridine rings is 1. The molecule has 0 unspecified atom stereocenters. The van der Waals surface area contributed by atoms with E-state index >= 15 is 0 Å². The second kappa shape index (κ2) is 47.2. The third-order valence-corrected chi connectivity index (χ3v) is 16.9. The predicted octanol–water partition coefficient (Wildman–Crippen LogP) is 28.1. The minimum Gasteiger partial charge on any atom is -0.494 e. The van der Waals surface area contributed by atoms with Crippen molar-refractivity contribution in [2.75, 3.05) is 7.11 Å². The van der Waals surface area contributed by atoms with Crippen LogP contribution < -0.4 is 18.9 Å². The van der Waals surface area contributed by atoms with Crippen LogP contribution in [0.2, 0.25) is 0 Å². The largest absolute Gasteiger partial charge is 0.573 e. The van der Waals surface area contributed by atoms with Gasteiger partial charge in [-0.15, -0.1) is 39.5 Å². The predicted molar refractivity (Wildman–Crippen MR) is 431 cm³/mol. The average molecular weight is 1690 g/mol. The maximum absolute atomic E-state index is 13.1. The summed E-state index contributed by atoms with van der Waals surface area (Å²) in [6.07, 6.45) is -19.4. The van der Waals surface area contributed by atoms with Gasteiger partial charge >= 0.3 is 31.4 Å². The number of benzene rings is 7. The van der Waals surface area contributed by atoms with Gasteiger partial charge in [-0.25, -0.2) is 34.3 Å². The Morgan fingerprint density at radius 3 is 1.19 bits per heavy atom. The average Bonchev–Trinajstić information content (AvgIpc) is 0.817. The summed E-state index contributed by atoms with van der Waals surface area (Å²) in [6.45, 7) is 36.8. The highest BCUT2D eigenvalue weighted by Gasteiger charge is 2.36. The van der Waals surface area contributed by atoms with E-state index in [9.17, 15) is 70.2 Å². The zero-order valence-corrected chi connectivity index (χ0v) is 70.2. The van der Waals surface area contributed by atoms with E-state index < -0.39 is 54.2 Å². The molecule has 10 aromatic rings. The number of hydrogen-bond donors (Lipinski definition) is 0. The highest BCUT2D eigenvalue weighted by atomic mass is 19.4. The van der Waals surface area contributed by atoms with E-state index in [1.165, 1.54) is 67.8 Å². The number of aromatic nitrogens is 6. The van der Waals surface area contributed by atoms with E-state index in [4.69, 9.17) is 20.5 Å². The summed E-state index contributed by atoms with van der Waals surface area (Å²) in [5, 5.41) is 25.8. The lowest BCUT2D eigenvalue weighted by Gasteiger charge is -2.18. The van der Waals surface area contributed by atoms with Crippen molar-refractivity contribution in [1.82, 2.24) is 29.9 Å². The summed E-state index contributed by atoms with van der Waals surface area (Å²) in [5.41, 5.74) is 7.68. The van der Waals surface area contributed by atoms with Gasteiger partial charge in [-0.1, -0.05) is 222 Å². The Balaban J connectivity index is 0.000000357. The molecule has 0 spiro atoms. The number of ether oxygens (including phenoxy) is 4. The number of methoxy groups -OCH3 is 1. The molecule has 3 aromatic heterocycles. The van der Waals surface area contributed by atoms with Crippen LogP contribution in [0.3, 0.4) is 0 Å². The Morgan fingerprint density at radius 1 is 0.342 bits per heavy atom. The molecule has 0 saturated carbocycles. The van der Waals surface area contributed by atoms with Crippen LogP contribution in [0.5, 0.6) is 23.0 Å². The fraction of sp³-hybridized carbons (Fsp3) is 0.374. The Hall–Kier alpha value is -11.7. The van der Waals surface area contributed by atoms with Crippen molar-refractivity contribution in [1.29, 1.82) is 15.8 Å². The number of nitriles is 3. The van der Waals surface area contributed by atoms with E-state index in [0.29, 0.717) is 34.4 Å². The molecule has 0 aliphatic heterocycles. The van der Waals surface area contributed by atoms with Gasteiger partial charge < -0.3 is 18.9 Å². The molecule has 120 heavy (non-hydrogen) atoms. The topological polar surface area (TPSA) is 186 Å². The summed E-state index contributed by atoms with van der Waals surface area (Å²) >= 11 is 0. The molecule has 0 aliphatic rings. The number of aryl methyl sites for hydroxylation is 1. The molecule has 0 fully saturated rings. The van der Waals surface area contributed by atoms with Gasteiger partial charge in [0.15, 0.2) is 23.2 Å². The summed E-state index contributed by atoms with van der Waals surface area (Å²) < 4.78 is 212. The molecule has 0 saturated heterocycles. The standard InChI is InChI=1S/C18H17N3.C13H17F3.2C11H10F3NO.C10H12F3N.C10H11F3O.C10H13FO.C8H9N3/c1-13(2)16-19-17(14-9-5-3-6-10-14)21-18(20-16)15-11-7-4-8-12-15;1-8(2)11-6-5-10(13(14,15)16)7-12(11)9(3)4;1-7(2)8-3-4-10(9(5-8)6-15)16-11(12,13)14;1-7(2)8-3-4-9(6-15)10(5-8)16-11(12,13)14;1-6(2)8-4-7(3)14-9(5-8)10(11,12)13;1-7(2)8-4-3-5-9(6-8)14-10(11,12)13;1-7(2)8-4-5-10(12-3)9(11)6-8;1-6(2)7-4-10-8(3-9)11-5-7/h3-13H,1-2H3;5-9H,1-4H3;2*3-5,7H,1-2H3;4-6H,1-3H3;3-7H,1-2H3;4-7H,1-3H3;4-6H,1-2H3. The Bertz CT molecular complexity index is 4870. The van der Waals surface area contributed by atoms with E-state index in [1.807, 2.05) is 170 Å². The number of halogens is 16.